The number of anilines is 1. The van der Waals surface area contributed by atoms with Gasteiger partial charge < -0.3 is 10.2 Å². The highest BCUT2D eigenvalue weighted by Crippen LogP contribution is 2.33. The number of rotatable bonds is 5. The summed E-state index contributed by atoms with van der Waals surface area (Å²) >= 11 is 0. The fraction of sp³-hybridized carbons (Fsp3) is 0.240. The average Bonchev–Trinajstić information content (AvgIpc) is 3.21. The summed E-state index contributed by atoms with van der Waals surface area (Å²) in [6.45, 7) is 4.54. The van der Waals surface area contributed by atoms with Gasteiger partial charge in [0.05, 0.1) is 6.04 Å². The van der Waals surface area contributed by atoms with Crippen LogP contribution in [-0.4, -0.2) is 23.3 Å². The Hall–Kier alpha value is -3.47. The van der Waals surface area contributed by atoms with Crippen LogP contribution in [0.4, 0.5) is 5.69 Å². The number of carbonyl (C=O) groups is 2. The van der Waals surface area contributed by atoms with Crippen molar-refractivity contribution in [2.24, 2.45) is 0 Å². The molecule has 5 heteroatoms. The normalized spacial score (nSPS) is 13.6. The first kappa shape index (κ1) is 19.8. The number of carbonyl (C=O) groups excluding carboxylic acids is 2. The number of hydrogen-bond donors (Lipinski definition) is 1. The monoisotopic (exact) mass is 399 g/mol. The number of benzene rings is 2. The van der Waals surface area contributed by atoms with Crippen molar-refractivity contribution in [1.29, 1.82) is 0 Å². The number of amides is 2. The van der Waals surface area contributed by atoms with E-state index in [1.165, 1.54) is 0 Å². The molecule has 1 unspecified atom stereocenters. The zero-order valence-corrected chi connectivity index (χ0v) is 17.3. The van der Waals surface area contributed by atoms with Crippen LogP contribution in [-0.2, 0) is 11.2 Å². The highest BCUT2D eigenvalue weighted by molar-refractivity contribution is 5.96. The Bertz CT molecular complexity index is 1080. The quantitative estimate of drug-likeness (QED) is 0.699. The third-order valence-corrected chi connectivity index (χ3v) is 5.61. The third kappa shape index (κ3) is 3.83. The molecule has 1 aliphatic rings. The molecule has 0 bridgehead atoms. The molecule has 2 amide bonds. The second-order valence-corrected chi connectivity index (χ2v) is 7.49. The minimum atomic E-state index is -0.326. The summed E-state index contributed by atoms with van der Waals surface area (Å²) in [7, 11) is 0. The van der Waals surface area contributed by atoms with Crippen molar-refractivity contribution < 1.29 is 9.59 Å². The lowest BCUT2D eigenvalue weighted by atomic mass is 9.95. The number of nitrogens with zero attached hydrogens (tertiary/aromatic N) is 2. The molecular weight excluding hydrogens is 374 g/mol. The number of aromatic nitrogens is 1. The van der Waals surface area contributed by atoms with Gasteiger partial charge >= 0.3 is 0 Å². The second kappa shape index (κ2) is 8.49. The molecule has 2 heterocycles. The first-order valence-electron chi connectivity index (χ1n) is 10.3. The molecule has 1 atom stereocenters. The topological polar surface area (TPSA) is 62.3 Å². The van der Waals surface area contributed by atoms with E-state index < -0.39 is 0 Å². The Labute approximate surface area is 176 Å². The Balaban J connectivity index is 1.71. The van der Waals surface area contributed by atoms with Crippen LogP contribution >= 0.6 is 0 Å². The fourth-order valence-corrected chi connectivity index (χ4v) is 4.00. The van der Waals surface area contributed by atoms with E-state index in [2.05, 4.69) is 16.4 Å². The summed E-state index contributed by atoms with van der Waals surface area (Å²) < 4.78 is 0. The van der Waals surface area contributed by atoms with Crippen LogP contribution in [0.5, 0.6) is 0 Å². The minimum absolute atomic E-state index is 0.132. The molecule has 4 rings (SSSR count). The van der Waals surface area contributed by atoms with Crippen LogP contribution in [0.3, 0.4) is 0 Å². The molecule has 0 aliphatic carbocycles. The number of pyridine rings is 1. The van der Waals surface area contributed by atoms with Crippen molar-refractivity contribution in [1.82, 2.24) is 10.3 Å². The molecule has 0 saturated carbocycles. The lowest BCUT2D eigenvalue weighted by Crippen LogP contribution is -2.30. The van der Waals surface area contributed by atoms with Crippen molar-refractivity contribution in [2.45, 2.75) is 32.7 Å². The van der Waals surface area contributed by atoms with E-state index in [-0.39, 0.29) is 17.9 Å². The standard InChI is InChI=1S/C25H25N3O2/c1-3-23(29)28-15-13-19-16-20(11-12-22(19)28)24(21-10-7-14-26-17(21)2)27-25(30)18-8-5-4-6-9-18/h4-12,14,16,24H,3,13,15H2,1-2H3,(H,27,30). The maximum atomic E-state index is 12.9. The van der Waals surface area contributed by atoms with E-state index in [1.807, 2.05) is 61.2 Å². The Morgan fingerprint density at radius 2 is 1.90 bits per heavy atom. The van der Waals surface area contributed by atoms with Gasteiger partial charge in [0.2, 0.25) is 5.91 Å². The first-order chi connectivity index (χ1) is 14.6. The molecule has 30 heavy (non-hydrogen) atoms. The SMILES string of the molecule is CCC(=O)N1CCc2cc(C(NC(=O)c3ccccc3)c3cccnc3C)ccc21. The van der Waals surface area contributed by atoms with Gasteiger partial charge in [-0.3, -0.25) is 14.6 Å². The smallest absolute Gasteiger partial charge is 0.252 e. The molecule has 1 N–H and O–H groups in total. The van der Waals surface area contributed by atoms with E-state index in [0.717, 1.165) is 34.5 Å². The van der Waals surface area contributed by atoms with E-state index in [0.29, 0.717) is 18.5 Å². The predicted molar refractivity (Wildman–Crippen MR) is 118 cm³/mol. The van der Waals surface area contributed by atoms with Gasteiger partial charge in [-0.2, -0.15) is 0 Å². The van der Waals surface area contributed by atoms with Gasteiger partial charge in [0, 0.05) is 41.7 Å². The van der Waals surface area contributed by atoms with Gasteiger partial charge in [0.25, 0.3) is 5.91 Å². The number of hydrogen-bond acceptors (Lipinski definition) is 3. The lowest BCUT2D eigenvalue weighted by Gasteiger charge is -2.23. The summed E-state index contributed by atoms with van der Waals surface area (Å²) in [5, 5.41) is 3.18. The van der Waals surface area contributed by atoms with Crippen LogP contribution in [0.1, 0.15) is 52.1 Å². The van der Waals surface area contributed by atoms with E-state index in [4.69, 9.17) is 0 Å². The van der Waals surface area contributed by atoms with Gasteiger partial charge in [0.1, 0.15) is 0 Å². The highest BCUT2D eigenvalue weighted by Gasteiger charge is 2.26. The van der Waals surface area contributed by atoms with Crippen molar-refractivity contribution in [3.8, 4) is 0 Å². The Kier molecular flexibility index (Phi) is 5.61. The predicted octanol–water partition coefficient (Wildman–Crippen LogP) is 4.21. The lowest BCUT2D eigenvalue weighted by molar-refractivity contribution is -0.118. The van der Waals surface area contributed by atoms with Crippen molar-refractivity contribution in [2.75, 3.05) is 11.4 Å². The van der Waals surface area contributed by atoms with E-state index in [9.17, 15) is 9.59 Å². The highest BCUT2D eigenvalue weighted by atomic mass is 16.2. The third-order valence-electron chi connectivity index (χ3n) is 5.61. The van der Waals surface area contributed by atoms with Gasteiger partial charge in [0.15, 0.2) is 0 Å². The molecule has 0 spiro atoms. The van der Waals surface area contributed by atoms with Crippen LogP contribution in [0.2, 0.25) is 0 Å². The minimum Gasteiger partial charge on any atom is -0.341 e. The van der Waals surface area contributed by atoms with Crippen LogP contribution in [0.25, 0.3) is 0 Å². The molecule has 152 valence electrons. The molecular formula is C25H25N3O2. The summed E-state index contributed by atoms with van der Waals surface area (Å²) in [4.78, 5) is 31.4. The van der Waals surface area contributed by atoms with Crippen LogP contribution < -0.4 is 10.2 Å². The molecule has 1 aliphatic heterocycles. The average molecular weight is 399 g/mol. The maximum absolute atomic E-state index is 12.9. The van der Waals surface area contributed by atoms with Gasteiger partial charge in [-0.15, -0.1) is 0 Å². The fourth-order valence-electron chi connectivity index (χ4n) is 4.00. The molecule has 1 aromatic heterocycles. The number of aryl methyl sites for hydroxylation is 1. The zero-order chi connectivity index (χ0) is 21.1. The van der Waals surface area contributed by atoms with Gasteiger partial charge in [-0.1, -0.05) is 43.3 Å². The van der Waals surface area contributed by atoms with E-state index >= 15 is 0 Å². The molecule has 0 radical (unpaired) electrons. The van der Waals surface area contributed by atoms with E-state index in [1.54, 1.807) is 18.3 Å². The van der Waals surface area contributed by atoms with Gasteiger partial charge in [-0.05, 0) is 48.7 Å². The second-order valence-electron chi connectivity index (χ2n) is 7.49. The summed E-state index contributed by atoms with van der Waals surface area (Å²) in [5.41, 5.74) is 5.54. The Morgan fingerprint density at radius 3 is 2.63 bits per heavy atom. The first-order valence-corrected chi connectivity index (χ1v) is 10.3. The molecule has 3 aromatic rings. The summed E-state index contributed by atoms with van der Waals surface area (Å²) in [6.07, 6.45) is 3.07. The molecule has 5 nitrogen and oxygen atoms in total. The van der Waals surface area contributed by atoms with Crippen molar-refractivity contribution in [3.05, 3.63) is 94.8 Å². The van der Waals surface area contributed by atoms with Gasteiger partial charge in [-0.25, -0.2) is 0 Å². The summed E-state index contributed by atoms with van der Waals surface area (Å²) in [6, 6.07) is 18.9. The molecule has 0 saturated heterocycles. The maximum Gasteiger partial charge on any atom is 0.252 e. The number of nitrogens with one attached hydrogen (secondary N) is 1. The van der Waals surface area contributed by atoms with Crippen molar-refractivity contribution >= 4 is 17.5 Å². The molecule has 2 aromatic carbocycles. The number of fused-ring (bicyclic) bond motifs is 1. The van der Waals surface area contributed by atoms with Crippen molar-refractivity contribution in [3.63, 3.8) is 0 Å². The van der Waals surface area contributed by atoms with Crippen LogP contribution in [0.15, 0.2) is 66.9 Å². The van der Waals surface area contributed by atoms with Crippen LogP contribution in [0, 0.1) is 6.92 Å². The zero-order valence-electron chi connectivity index (χ0n) is 17.3. The summed E-state index contributed by atoms with van der Waals surface area (Å²) in [5.74, 6) is 0.00525. The largest absolute Gasteiger partial charge is 0.341 e. The Morgan fingerprint density at radius 1 is 1.10 bits per heavy atom. The molecule has 0 fully saturated rings.